The fourth-order valence-corrected chi connectivity index (χ4v) is 2.64. The van der Waals surface area contributed by atoms with E-state index in [0.717, 1.165) is 11.1 Å². The molecule has 3 rings (SSSR count). The van der Waals surface area contributed by atoms with Gasteiger partial charge in [-0.05, 0) is 23.3 Å². The lowest BCUT2D eigenvalue weighted by Gasteiger charge is -2.18. The molecular weight excluding hydrogens is 272 g/mol. The van der Waals surface area contributed by atoms with Crippen LogP contribution >= 0.6 is 11.6 Å². The molecule has 2 aromatic rings. The third-order valence-corrected chi connectivity index (χ3v) is 3.78. The second kappa shape index (κ2) is 5.14. The Morgan fingerprint density at radius 3 is 2.25 bits per heavy atom. The lowest BCUT2D eigenvalue weighted by atomic mass is 9.86. The average molecular weight is 285 g/mol. The van der Waals surface area contributed by atoms with Gasteiger partial charge in [-0.1, -0.05) is 60.6 Å². The fourth-order valence-electron chi connectivity index (χ4n) is 2.52. The first-order valence-corrected chi connectivity index (χ1v) is 6.75. The Balaban J connectivity index is 2.03. The first-order chi connectivity index (χ1) is 9.66. The molecule has 20 heavy (non-hydrogen) atoms. The van der Waals surface area contributed by atoms with E-state index in [9.17, 15) is 4.79 Å². The van der Waals surface area contributed by atoms with Crippen LogP contribution in [0, 0.1) is 0 Å². The van der Waals surface area contributed by atoms with Crippen molar-refractivity contribution in [3.05, 3.63) is 82.9 Å². The maximum atomic E-state index is 11.9. The monoisotopic (exact) mass is 284 g/mol. The molecule has 2 nitrogen and oxygen atoms in total. The van der Waals surface area contributed by atoms with E-state index in [4.69, 9.17) is 16.3 Å². The standard InChI is InChI=1S/C17H13ClO2/c1-11-15(12-7-9-14(18)10-8-12)16(20-17(11)19)13-5-3-2-4-6-13/h2-10,15-16H,1H2. The number of carbonyl (C=O) groups excluding carboxylic acids is 1. The zero-order chi connectivity index (χ0) is 14.1. The van der Waals surface area contributed by atoms with Crippen molar-refractivity contribution in [1.29, 1.82) is 0 Å². The van der Waals surface area contributed by atoms with Crippen molar-refractivity contribution < 1.29 is 9.53 Å². The molecule has 0 N–H and O–H groups in total. The van der Waals surface area contributed by atoms with Crippen molar-refractivity contribution in [3.8, 4) is 0 Å². The molecule has 2 unspecified atom stereocenters. The Kier molecular flexibility index (Phi) is 3.33. The van der Waals surface area contributed by atoms with Crippen molar-refractivity contribution in [2.24, 2.45) is 0 Å². The summed E-state index contributed by atoms with van der Waals surface area (Å²) in [5.74, 6) is -0.499. The third-order valence-electron chi connectivity index (χ3n) is 3.53. The van der Waals surface area contributed by atoms with Crippen LogP contribution < -0.4 is 0 Å². The summed E-state index contributed by atoms with van der Waals surface area (Å²) in [4.78, 5) is 11.9. The van der Waals surface area contributed by atoms with Crippen LogP contribution in [0.4, 0.5) is 0 Å². The Hall–Kier alpha value is -2.06. The van der Waals surface area contributed by atoms with Gasteiger partial charge in [0.2, 0.25) is 0 Å². The molecule has 0 radical (unpaired) electrons. The molecule has 0 saturated carbocycles. The van der Waals surface area contributed by atoms with E-state index in [0.29, 0.717) is 10.6 Å². The van der Waals surface area contributed by atoms with Crippen molar-refractivity contribution in [2.75, 3.05) is 0 Å². The minimum absolute atomic E-state index is 0.165. The topological polar surface area (TPSA) is 26.3 Å². The Bertz CT molecular complexity index is 646. The van der Waals surface area contributed by atoms with E-state index >= 15 is 0 Å². The molecule has 2 atom stereocenters. The highest BCUT2D eigenvalue weighted by Gasteiger charge is 2.40. The average Bonchev–Trinajstić information content (AvgIpc) is 2.77. The van der Waals surface area contributed by atoms with Crippen molar-refractivity contribution in [1.82, 2.24) is 0 Å². The number of ether oxygens (including phenoxy) is 1. The van der Waals surface area contributed by atoms with Crippen LogP contribution in [-0.4, -0.2) is 5.97 Å². The lowest BCUT2D eigenvalue weighted by molar-refractivity contribution is -0.139. The summed E-state index contributed by atoms with van der Waals surface area (Å²) in [5, 5.41) is 0.667. The van der Waals surface area contributed by atoms with Crippen LogP contribution in [0.25, 0.3) is 0 Å². The lowest BCUT2D eigenvalue weighted by Crippen LogP contribution is -2.06. The van der Waals surface area contributed by atoms with E-state index in [-0.39, 0.29) is 18.0 Å². The quantitative estimate of drug-likeness (QED) is 0.608. The van der Waals surface area contributed by atoms with Gasteiger partial charge in [0.15, 0.2) is 0 Å². The molecule has 0 aromatic heterocycles. The second-order valence-electron chi connectivity index (χ2n) is 4.79. The molecule has 2 aromatic carbocycles. The van der Waals surface area contributed by atoms with E-state index in [1.807, 2.05) is 54.6 Å². The van der Waals surface area contributed by atoms with Gasteiger partial charge < -0.3 is 4.74 Å². The van der Waals surface area contributed by atoms with Gasteiger partial charge in [0.05, 0.1) is 5.92 Å². The normalized spacial score (nSPS) is 21.9. The maximum absolute atomic E-state index is 11.9. The molecule has 100 valence electrons. The van der Waals surface area contributed by atoms with Crippen molar-refractivity contribution in [2.45, 2.75) is 12.0 Å². The van der Waals surface area contributed by atoms with Crippen LogP contribution in [-0.2, 0) is 9.53 Å². The van der Waals surface area contributed by atoms with Crippen LogP contribution in [0.2, 0.25) is 5.02 Å². The number of esters is 1. The minimum Gasteiger partial charge on any atom is -0.453 e. The van der Waals surface area contributed by atoms with Crippen molar-refractivity contribution in [3.63, 3.8) is 0 Å². The maximum Gasteiger partial charge on any atom is 0.334 e. The molecule has 1 aliphatic rings. The van der Waals surface area contributed by atoms with Crippen LogP contribution in [0.15, 0.2) is 66.7 Å². The van der Waals surface area contributed by atoms with Crippen LogP contribution in [0.3, 0.4) is 0 Å². The summed E-state index contributed by atoms with van der Waals surface area (Å²) in [6.45, 7) is 3.88. The molecule has 1 saturated heterocycles. The van der Waals surface area contributed by atoms with E-state index < -0.39 is 0 Å². The van der Waals surface area contributed by atoms with Crippen LogP contribution in [0.1, 0.15) is 23.1 Å². The Morgan fingerprint density at radius 2 is 1.60 bits per heavy atom. The molecule has 0 amide bonds. The summed E-state index contributed by atoms with van der Waals surface area (Å²) in [5.41, 5.74) is 2.44. The van der Waals surface area contributed by atoms with Crippen LogP contribution in [0.5, 0.6) is 0 Å². The molecule has 0 bridgehead atoms. The number of carbonyl (C=O) groups is 1. The number of hydrogen-bond donors (Lipinski definition) is 0. The minimum atomic E-state index is -0.334. The predicted molar refractivity (Wildman–Crippen MR) is 78.6 cm³/mol. The van der Waals surface area contributed by atoms with Gasteiger partial charge in [-0.15, -0.1) is 0 Å². The SMILES string of the molecule is C=C1C(=O)OC(c2ccccc2)C1c1ccc(Cl)cc1. The van der Waals surface area contributed by atoms with E-state index in [2.05, 4.69) is 6.58 Å². The number of halogens is 1. The molecule has 3 heteroatoms. The molecule has 1 heterocycles. The smallest absolute Gasteiger partial charge is 0.334 e. The van der Waals surface area contributed by atoms with Crippen molar-refractivity contribution >= 4 is 17.6 Å². The zero-order valence-electron chi connectivity index (χ0n) is 10.8. The number of rotatable bonds is 2. The van der Waals surface area contributed by atoms with Gasteiger partial charge in [0.25, 0.3) is 0 Å². The molecule has 0 spiro atoms. The first kappa shape index (κ1) is 12.9. The van der Waals surface area contributed by atoms with Gasteiger partial charge in [0, 0.05) is 10.6 Å². The first-order valence-electron chi connectivity index (χ1n) is 6.37. The van der Waals surface area contributed by atoms with Gasteiger partial charge >= 0.3 is 5.97 Å². The highest BCUT2D eigenvalue weighted by molar-refractivity contribution is 6.30. The van der Waals surface area contributed by atoms with Gasteiger partial charge in [-0.25, -0.2) is 4.79 Å². The highest BCUT2D eigenvalue weighted by atomic mass is 35.5. The van der Waals surface area contributed by atoms with Gasteiger partial charge in [-0.2, -0.15) is 0 Å². The Labute approximate surface area is 122 Å². The highest BCUT2D eigenvalue weighted by Crippen LogP contribution is 2.45. The molecule has 1 fully saturated rings. The molecular formula is C17H13ClO2. The Morgan fingerprint density at radius 1 is 0.950 bits per heavy atom. The summed E-state index contributed by atoms with van der Waals surface area (Å²) in [7, 11) is 0. The third kappa shape index (κ3) is 2.23. The largest absolute Gasteiger partial charge is 0.453 e. The summed E-state index contributed by atoms with van der Waals surface area (Å²) < 4.78 is 5.49. The van der Waals surface area contributed by atoms with Gasteiger partial charge in [-0.3, -0.25) is 0 Å². The number of hydrogen-bond acceptors (Lipinski definition) is 2. The van der Waals surface area contributed by atoms with E-state index in [1.54, 1.807) is 0 Å². The summed E-state index contributed by atoms with van der Waals surface area (Å²) in [6, 6.07) is 17.2. The number of benzene rings is 2. The molecule has 1 aliphatic heterocycles. The second-order valence-corrected chi connectivity index (χ2v) is 5.23. The predicted octanol–water partition coefficient (Wildman–Crippen LogP) is 4.28. The molecule has 0 aliphatic carbocycles. The zero-order valence-corrected chi connectivity index (χ0v) is 11.5. The summed E-state index contributed by atoms with van der Waals surface area (Å²) in [6.07, 6.45) is -0.322. The number of cyclic esters (lactones) is 1. The van der Waals surface area contributed by atoms with E-state index in [1.165, 1.54) is 0 Å². The fraction of sp³-hybridized carbons (Fsp3) is 0.118. The van der Waals surface area contributed by atoms with Gasteiger partial charge in [0.1, 0.15) is 6.10 Å². The summed E-state index contributed by atoms with van der Waals surface area (Å²) >= 11 is 5.92.